The molecule has 0 radical (unpaired) electrons. The maximum absolute atomic E-state index is 5.96. The largest absolute Gasteiger partial charge is 0.309 e. The van der Waals surface area contributed by atoms with Crippen molar-refractivity contribution in [3.05, 3.63) is 289 Å². The van der Waals surface area contributed by atoms with Gasteiger partial charge in [-0.2, -0.15) is 4.98 Å². The molecule has 7 heterocycles. The van der Waals surface area contributed by atoms with Crippen molar-refractivity contribution in [1.29, 1.82) is 0 Å². The molecule has 0 fully saturated rings. The number of rotatable bonds is 6. The van der Waals surface area contributed by atoms with Crippen molar-refractivity contribution in [2.45, 2.75) is 43.4 Å². The smallest absolute Gasteiger partial charge is 0.237 e. The van der Waals surface area contributed by atoms with E-state index in [2.05, 4.69) is 269 Å². The molecule has 5 aliphatic carbocycles. The Labute approximate surface area is 536 Å². The van der Waals surface area contributed by atoms with Crippen molar-refractivity contribution in [1.82, 2.24) is 19.1 Å². The quantitative estimate of drug-likeness (QED) is 0.167. The molecule has 0 N–H and O–H groups in total. The predicted octanol–water partition coefficient (Wildman–Crippen LogP) is 23.0. The van der Waals surface area contributed by atoms with Crippen LogP contribution in [0.25, 0.3) is 127 Å². The first-order valence-electron chi connectivity index (χ1n) is 32.1. The Hall–Kier alpha value is -9.96. The zero-order valence-electron chi connectivity index (χ0n) is 49.5. The third-order valence-electron chi connectivity index (χ3n) is 21.3. The molecule has 0 bridgehead atoms. The number of para-hydroxylation sites is 2. The van der Waals surface area contributed by atoms with Crippen LogP contribution in [0.1, 0.15) is 60.4 Å². The number of allylic oxidation sites excluding steroid dienone is 16. The van der Waals surface area contributed by atoms with Crippen LogP contribution in [-0.2, 0) is 5.41 Å². The van der Waals surface area contributed by atoms with Crippen LogP contribution in [0.2, 0.25) is 0 Å². The number of fused-ring (bicyclic) bond motifs is 21. The second-order valence-electron chi connectivity index (χ2n) is 25.7. The van der Waals surface area contributed by atoms with Gasteiger partial charge in [0.25, 0.3) is 0 Å². The van der Waals surface area contributed by atoms with Crippen molar-refractivity contribution >= 4 is 161 Å². The van der Waals surface area contributed by atoms with Gasteiger partial charge in [-0.15, -0.1) is 34.0 Å². The first-order chi connectivity index (χ1) is 45.1. The fraction of sp³-hybridized carbons (Fsp3) is 0.108. The van der Waals surface area contributed by atoms with Gasteiger partial charge in [0.2, 0.25) is 5.95 Å². The van der Waals surface area contributed by atoms with Gasteiger partial charge in [-0.1, -0.05) is 169 Å². The Morgan fingerprint density at radius 2 is 1.09 bits per heavy atom. The molecule has 5 nitrogen and oxygen atoms in total. The summed E-state index contributed by atoms with van der Waals surface area (Å²) in [5, 5.41) is 12.9. The zero-order chi connectivity index (χ0) is 59.2. The summed E-state index contributed by atoms with van der Waals surface area (Å²) in [6, 6.07) is 69.2. The summed E-state index contributed by atoms with van der Waals surface area (Å²) < 4.78 is 12.8. The molecule has 1 aliphatic heterocycles. The van der Waals surface area contributed by atoms with Crippen LogP contribution in [0.4, 0.5) is 11.5 Å². The van der Waals surface area contributed by atoms with Crippen molar-refractivity contribution < 1.29 is 0 Å². The van der Waals surface area contributed by atoms with Crippen LogP contribution < -0.4 is 4.90 Å². The van der Waals surface area contributed by atoms with E-state index in [-0.39, 0.29) is 23.2 Å². The average molecular weight is 1220 g/mol. The van der Waals surface area contributed by atoms with Gasteiger partial charge in [-0.3, -0.25) is 9.47 Å². The Balaban J connectivity index is 0.793. The number of benzene rings is 9. The Kier molecular flexibility index (Phi) is 10.6. The molecule has 430 valence electrons. The SMILES string of the molecule is C1=CCCC(C2(C3C=CC=CC3)c3cc(-n4c5ccccc5c5cc6c(cc54)sc4ccccc46)ccc3C3=CC=C(c4cc(N5C6=CC=CCC6c6cc7c(cc65)sc5ccccc57)nc(-n5c6ccccc6c6cc7c(cc65)sc5ccccc57)n4)CC32)=C1. The van der Waals surface area contributed by atoms with Gasteiger partial charge in [0.15, 0.2) is 0 Å². The van der Waals surface area contributed by atoms with Gasteiger partial charge < -0.3 is 4.57 Å². The third-order valence-corrected chi connectivity index (χ3v) is 24.7. The zero-order valence-corrected chi connectivity index (χ0v) is 51.9. The normalized spacial score (nSPS) is 20.1. The highest BCUT2D eigenvalue weighted by Crippen LogP contribution is 2.64. The summed E-state index contributed by atoms with van der Waals surface area (Å²) in [5.74, 6) is 2.09. The topological polar surface area (TPSA) is 38.9 Å². The lowest BCUT2D eigenvalue weighted by atomic mass is 9.56. The molecule has 6 aromatic heterocycles. The molecule has 91 heavy (non-hydrogen) atoms. The molecule has 21 rings (SSSR count). The van der Waals surface area contributed by atoms with Crippen molar-refractivity contribution in [2.24, 2.45) is 11.8 Å². The number of aromatic nitrogens is 4. The average Bonchev–Trinajstić information content (AvgIpc) is 1.58. The Morgan fingerprint density at radius 1 is 0.462 bits per heavy atom. The van der Waals surface area contributed by atoms with Gasteiger partial charge >= 0.3 is 0 Å². The highest BCUT2D eigenvalue weighted by molar-refractivity contribution is 7.26. The lowest BCUT2D eigenvalue weighted by Gasteiger charge is -2.46. The number of anilines is 2. The second kappa shape index (κ2) is 19.0. The number of thiophene rings is 3. The molecule has 8 heteroatoms. The van der Waals surface area contributed by atoms with E-state index in [9.17, 15) is 0 Å². The van der Waals surface area contributed by atoms with E-state index in [4.69, 9.17) is 9.97 Å². The second-order valence-corrected chi connectivity index (χ2v) is 28.9. The third kappa shape index (κ3) is 7.10. The maximum atomic E-state index is 5.96. The lowest BCUT2D eigenvalue weighted by molar-refractivity contribution is 0.298. The van der Waals surface area contributed by atoms with E-state index in [1.54, 1.807) is 0 Å². The van der Waals surface area contributed by atoms with Crippen LogP contribution in [0, 0.1) is 11.8 Å². The first-order valence-corrected chi connectivity index (χ1v) is 34.5. The highest BCUT2D eigenvalue weighted by Gasteiger charge is 2.56. The van der Waals surface area contributed by atoms with Gasteiger partial charge in [0.1, 0.15) is 5.82 Å². The van der Waals surface area contributed by atoms with Crippen molar-refractivity contribution in [3.63, 3.8) is 0 Å². The fourth-order valence-electron chi connectivity index (χ4n) is 17.4. The molecule has 15 aromatic rings. The maximum Gasteiger partial charge on any atom is 0.237 e. The van der Waals surface area contributed by atoms with Gasteiger partial charge in [0.05, 0.1) is 33.4 Å². The molecular weight excluding hydrogens is 1160 g/mol. The summed E-state index contributed by atoms with van der Waals surface area (Å²) in [7, 11) is 0. The molecule has 6 aliphatic rings. The minimum absolute atomic E-state index is 0.119. The number of hydrogen-bond acceptors (Lipinski definition) is 6. The van der Waals surface area contributed by atoms with Gasteiger partial charge in [-0.25, -0.2) is 4.98 Å². The molecule has 0 saturated heterocycles. The van der Waals surface area contributed by atoms with Crippen LogP contribution in [0.3, 0.4) is 0 Å². The van der Waals surface area contributed by atoms with Crippen LogP contribution in [0.5, 0.6) is 0 Å². The van der Waals surface area contributed by atoms with Crippen molar-refractivity contribution in [2.75, 3.05) is 4.90 Å². The first kappa shape index (κ1) is 50.9. The molecule has 4 unspecified atom stereocenters. The molecule has 9 aromatic carbocycles. The van der Waals surface area contributed by atoms with Crippen molar-refractivity contribution in [3.8, 4) is 11.6 Å². The minimum Gasteiger partial charge on any atom is -0.309 e. The molecule has 0 amide bonds. The molecule has 0 spiro atoms. The van der Waals surface area contributed by atoms with E-state index in [0.717, 1.165) is 54.6 Å². The van der Waals surface area contributed by atoms with Gasteiger partial charge in [0, 0.05) is 117 Å². The summed E-state index contributed by atoms with van der Waals surface area (Å²) in [6.45, 7) is 0. The minimum atomic E-state index is -0.364. The monoisotopic (exact) mass is 1220 g/mol. The van der Waals surface area contributed by atoms with Crippen LogP contribution in [-0.4, -0.2) is 19.1 Å². The molecular formula is C83H55N5S3. The summed E-state index contributed by atoms with van der Waals surface area (Å²) in [4.78, 5) is 14.4. The highest BCUT2D eigenvalue weighted by atomic mass is 32.1. The lowest BCUT2D eigenvalue weighted by Crippen LogP contribution is -2.42. The van der Waals surface area contributed by atoms with Gasteiger partial charge in [-0.05, 0) is 151 Å². The predicted molar refractivity (Wildman–Crippen MR) is 388 cm³/mol. The summed E-state index contributed by atoms with van der Waals surface area (Å²) >= 11 is 5.65. The molecule has 4 atom stereocenters. The number of nitrogens with zero attached hydrogens (tertiary/aromatic N) is 5. The van der Waals surface area contributed by atoms with E-state index in [1.807, 2.05) is 34.0 Å². The van der Waals surface area contributed by atoms with E-state index < -0.39 is 0 Å². The fourth-order valence-corrected chi connectivity index (χ4v) is 20.8. The van der Waals surface area contributed by atoms with Crippen LogP contribution in [0.15, 0.2) is 266 Å². The van der Waals surface area contributed by atoms with Crippen LogP contribution >= 0.6 is 34.0 Å². The Bertz CT molecular complexity index is 6050. The van der Waals surface area contributed by atoms with E-state index in [0.29, 0.717) is 5.95 Å². The van der Waals surface area contributed by atoms with E-state index in [1.165, 1.54) is 144 Å². The summed E-state index contributed by atoms with van der Waals surface area (Å²) in [5.41, 5.74) is 17.3. The Morgan fingerprint density at radius 3 is 1.77 bits per heavy atom. The van der Waals surface area contributed by atoms with E-state index >= 15 is 0 Å². The standard InChI is InChI=1S/C83H55N5S3/c1-3-19-49(20-4-1)83(50-21-5-2-6-22-50)66-39-48(35-37-52(66)53-38-36-51(40-67(53)83)86-69-29-13-7-23-54(69)60-41-63-57-26-10-16-32-75(57)89-78(63)45-72(60)86)68-44-81(87-70-30-14-8-24-55(70)61-42-64-58-27-11-17-33-76(58)90-79(64)46-73(61)87)85-82(84-68)88-71-31-15-9-25-56(71)62-43-65-59-28-12-18-34-77(59)91-80(65)47-74(62)88/h1-5,7-19,21,23,25-38,40-47,49,55,66H,6,20,22,24,39H2. The molecule has 0 saturated carbocycles. The number of hydrogen-bond donors (Lipinski definition) is 0. The summed E-state index contributed by atoms with van der Waals surface area (Å²) in [6.07, 6.45) is 33.4.